The van der Waals surface area contributed by atoms with Gasteiger partial charge in [-0.05, 0) is 30.3 Å². The molecular formula is C17H14ClN5. The van der Waals surface area contributed by atoms with E-state index in [1.807, 2.05) is 53.1 Å². The minimum Gasteiger partial charge on any atom is -0.342 e. The number of aryl methyl sites for hydroxylation is 2. The van der Waals surface area contributed by atoms with Gasteiger partial charge < -0.3 is 4.98 Å². The minimum atomic E-state index is 0.694. The maximum Gasteiger partial charge on any atom is 0.137 e. The molecule has 0 fully saturated rings. The number of hydrogen-bond donors (Lipinski definition) is 1. The third-order valence-electron chi connectivity index (χ3n) is 3.73. The fraction of sp³-hybridized carbons (Fsp3) is 0.118. The number of fused-ring (bicyclic) bond motifs is 1. The van der Waals surface area contributed by atoms with Crippen LogP contribution in [0.2, 0.25) is 5.02 Å². The number of para-hydroxylation sites is 2. The molecule has 2 aromatic carbocycles. The molecule has 6 heteroatoms. The van der Waals surface area contributed by atoms with Crippen molar-refractivity contribution < 1.29 is 0 Å². The van der Waals surface area contributed by atoms with Crippen molar-refractivity contribution in [1.82, 2.24) is 24.7 Å². The molecule has 0 radical (unpaired) electrons. The highest BCUT2D eigenvalue weighted by Crippen LogP contribution is 2.17. The largest absolute Gasteiger partial charge is 0.342 e. The van der Waals surface area contributed by atoms with Gasteiger partial charge in [-0.15, -0.1) is 10.2 Å². The molecule has 0 aliphatic carbocycles. The van der Waals surface area contributed by atoms with Crippen LogP contribution in [0.5, 0.6) is 0 Å². The third-order valence-corrected chi connectivity index (χ3v) is 3.96. The second-order valence-electron chi connectivity index (χ2n) is 5.30. The number of benzene rings is 2. The van der Waals surface area contributed by atoms with E-state index < -0.39 is 0 Å². The van der Waals surface area contributed by atoms with E-state index >= 15 is 0 Å². The van der Waals surface area contributed by atoms with Crippen molar-refractivity contribution in [2.45, 2.75) is 12.8 Å². The van der Waals surface area contributed by atoms with Crippen LogP contribution in [0.4, 0.5) is 0 Å². The first kappa shape index (κ1) is 14.0. The van der Waals surface area contributed by atoms with Gasteiger partial charge >= 0.3 is 0 Å². The summed E-state index contributed by atoms with van der Waals surface area (Å²) in [5, 5.41) is 8.94. The fourth-order valence-corrected chi connectivity index (χ4v) is 2.81. The third kappa shape index (κ3) is 2.83. The topological polar surface area (TPSA) is 59.4 Å². The molecule has 0 saturated carbocycles. The van der Waals surface area contributed by atoms with Crippen LogP contribution in [0.1, 0.15) is 11.6 Å². The molecule has 0 saturated heterocycles. The highest BCUT2D eigenvalue weighted by Gasteiger charge is 2.09. The van der Waals surface area contributed by atoms with E-state index in [2.05, 4.69) is 20.2 Å². The van der Waals surface area contributed by atoms with Crippen LogP contribution in [0, 0.1) is 0 Å². The molecule has 5 nitrogen and oxygen atoms in total. The van der Waals surface area contributed by atoms with Crippen LogP contribution in [-0.4, -0.2) is 24.7 Å². The Morgan fingerprint density at radius 3 is 2.83 bits per heavy atom. The zero-order valence-electron chi connectivity index (χ0n) is 12.3. The van der Waals surface area contributed by atoms with E-state index in [1.165, 1.54) is 0 Å². The van der Waals surface area contributed by atoms with Gasteiger partial charge in [0.2, 0.25) is 0 Å². The molecule has 0 bridgehead atoms. The normalized spacial score (nSPS) is 11.2. The summed E-state index contributed by atoms with van der Waals surface area (Å²) in [5.41, 5.74) is 3.00. The number of hydrogen-bond acceptors (Lipinski definition) is 3. The molecule has 23 heavy (non-hydrogen) atoms. The smallest absolute Gasteiger partial charge is 0.137 e. The van der Waals surface area contributed by atoms with Crippen molar-refractivity contribution in [3.05, 3.63) is 71.5 Å². The number of aromatic amines is 1. The molecule has 2 aromatic heterocycles. The van der Waals surface area contributed by atoms with Crippen LogP contribution in [0.15, 0.2) is 54.9 Å². The predicted octanol–water partition coefficient (Wildman–Crippen LogP) is 3.58. The molecule has 114 valence electrons. The van der Waals surface area contributed by atoms with Crippen molar-refractivity contribution in [2.75, 3.05) is 0 Å². The van der Waals surface area contributed by atoms with Gasteiger partial charge in [0.05, 0.1) is 11.0 Å². The predicted molar refractivity (Wildman–Crippen MR) is 89.9 cm³/mol. The lowest BCUT2D eigenvalue weighted by Crippen LogP contribution is -2.03. The highest BCUT2D eigenvalue weighted by molar-refractivity contribution is 6.30. The molecule has 0 amide bonds. The molecule has 0 spiro atoms. The lowest BCUT2D eigenvalue weighted by atomic mass is 10.2. The molecular weight excluding hydrogens is 310 g/mol. The van der Waals surface area contributed by atoms with Crippen molar-refractivity contribution in [3.8, 4) is 5.69 Å². The maximum absolute atomic E-state index is 6.06. The van der Waals surface area contributed by atoms with Crippen molar-refractivity contribution >= 4 is 22.6 Å². The van der Waals surface area contributed by atoms with Crippen molar-refractivity contribution in [1.29, 1.82) is 0 Å². The van der Waals surface area contributed by atoms with Crippen LogP contribution in [-0.2, 0) is 12.8 Å². The monoisotopic (exact) mass is 323 g/mol. The Kier molecular flexibility index (Phi) is 3.55. The van der Waals surface area contributed by atoms with E-state index in [-0.39, 0.29) is 0 Å². The summed E-state index contributed by atoms with van der Waals surface area (Å²) in [6.07, 6.45) is 3.22. The quantitative estimate of drug-likeness (QED) is 0.624. The lowest BCUT2D eigenvalue weighted by molar-refractivity contribution is 0.795. The molecule has 4 aromatic rings. The Balaban J connectivity index is 1.57. The number of rotatable bonds is 4. The first-order valence-electron chi connectivity index (χ1n) is 7.38. The number of H-pyrrole nitrogens is 1. The van der Waals surface area contributed by atoms with E-state index in [0.717, 1.165) is 41.2 Å². The van der Waals surface area contributed by atoms with Gasteiger partial charge in [-0.1, -0.05) is 29.8 Å². The Labute approximate surface area is 138 Å². The number of imidazole rings is 1. The zero-order valence-corrected chi connectivity index (χ0v) is 13.0. The molecule has 2 heterocycles. The Bertz CT molecular complexity index is 923. The number of nitrogens with zero attached hydrogens (tertiary/aromatic N) is 4. The molecule has 1 N–H and O–H groups in total. The summed E-state index contributed by atoms with van der Waals surface area (Å²) >= 11 is 6.06. The zero-order chi connectivity index (χ0) is 15.6. The van der Waals surface area contributed by atoms with Crippen molar-refractivity contribution in [3.63, 3.8) is 0 Å². The summed E-state index contributed by atoms with van der Waals surface area (Å²) in [5.74, 6) is 1.83. The summed E-state index contributed by atoms with van der Waals surface area (Å²) in [6, 6.07) is 15.7. The van der Waals surface area contributed by atoms with Crippen LogP contribution >= 0.6 is 11.6 Å². The molecule has 4 rings (SSSR count). The SMILES string of the molecule is Clc1cccc(-n2cnnc2CCc2nc3ccccc3[nH]2)c1. The first-order chi connectivity index (χ1) is 11.3. The summed E-state index contributed by atoms with van der Waals surface area (Å²) in [4.78, 5) is 7.93. The Hall–Kier alpha value is -2.66. The summed E-state index contributed by atoms with van der Waals surface area (Å²) in [7, 11) is 0. The minimum absolute atomic E-state index is 0.694. The van der Waals surface area contributed by atoms with Gasteiger partial charge in [-0.2, -0.15) is 0 Å². The second kappa shape index (κ2) is 5.85. The van der Waals surface area contributed by atoms with E-state index in [9.17, 15) is 0 Å². The van der Waals surface area contributed by atoms with Crippen LogP contribution < -0.4 is 0 Å². The molecule has 0 atom stereocenters. The average molecular weight is 324 g/mol. The van der Waals surface area contributed by atoms with Crippen LogP contribution in [0.25, 0.3) is 16.7 Å². The van der Waals surface area contributed by atoms with E-state index in [0.29, 0.717) is 5.02 Å². The Morgan fingerprint density at radius 1 is 1.04 bits per heavy atom. The Morgan fingerprint density at radius 2 is 1.96 bits per heavy atom. The first-order valence-corrected chi connectivity index (χ1v) is 7.76. The number of halogens is 1. The molecule has 0 aliphatic rings. The number of aromatic nitrogens is 5. The van der Waals surface area contributed by atoms with Gasteiger partial charge in [-0.3, -0.25) is 4.57 Å². The summed E-state index contributed by atoms with van der Waals surface area (Å²) < 4.78 is 1.95. The number of nitrogens with one attached hydrogen (secondary N) is 1. The van der Waals surface area contributed by atoms with Gasteiger partial charge in [-0.25, -0.2) is 4.98 Å². The van der Waals surface area contributed by atoms with E-state index in [1.54, 1.807) is 6.33 Å². The van der Waals surface area contributed by atoms with Crippen molar-refractivity contribution in [2.24, 2.45) is 0 Å². The van der Waals surface area contributed by atoms with Gasteiger partial charge in [0.25, 0.3) is 0 Å². The highest BCUT2D eigenvalue weighted by atomic mass is 35.5. The fourth-order valence-electron chi connectivity index (χ4n) is 2.63. The summed E-state index contributed by atoms with van der Waals surface area (Å²) in [6.45, 7) is 0. The van der Waals surface area contributed by atoms with E-state index in [4.69, 9.17) is 11.6 Å². The maximum atomic E-state index is 6.06. The average Bonchev–Trinajstić information content (AvgIpc) is 3.19. The standard InChI is InChI=1S/C17H14ClN5/c18-12-4-3-5-13(10-12)23-11-19-22-17(23)9-8-16-20-14-6-1-2-7-15(14)21-16/h1-7,10-11H,8-9H2,(H,20,21). The second-order valence-corrected chi connectivity index (χ2v) is 5.73. The van der Waals surface area contributed by atoms with Gasteiger partial charge in [0.1, 0.15) is 18.0 Å². The molecule has 0 aliphatic heterocycles. The lowest BCUT2D eigenvalue weighted by Gasteiger charge is -2.06. The van der Waals surface area contributed by atoms with Crippen LogP contribution in [0.3, 0.4) is 0 Å². The van der Waals surface area contributed by atoms with Gasteiger partial charge in [0.15, 0.2) is 0 Å². The van der Waals surface area contributed by atoms with Gasteiger partial charge in [0, 0.05) is 23.6 Å². The molecule has 0 unspecified atom stereocenters.